The smallest absolute Gasteiger partial charge is 0.222 e. The number of hydrogen-bond acceptors (Lipinski definition) is 3. The Kier molecular flexibility index (Phi) is 5.29. The molecule has 5 nitrogen and oxygen atoms in total. The van der Waals surface area contributed by atoms with Crippen LogP contribution in [0.5, 0.6) is 0 Å². The van der Waals surface area contributed by atoms with Crippen LogP contribution in [0.25, 0.3) is 0 Å². The van der Waals surface area contributed by atoms with E-state index in [1.54, 1.807) is 24.9 Å². The Morgan fingerprint density at radius 1 is 1.25 bits per heavy atom. The van der Waals surface area contributed by atoms with Gasteiger partial charge in [-0.15, -0.1) is 0 Å². The number of imidazole rings is 1. The zero-order chi connectivity index (χ0) is 14.2. The zero-order valence-corrected chi connectivity index (χ0v) is 11.7. The molecule has 0 aromatic carbocycles. The summed E-state index contributed by atoms with van der Waals surface area (Å²) in [6.07, 6.45) is 9.07. The van der Waals surface area contributed by atoms with Crippen LogP contribution in [-0.2, 0) is 17.6 Å². The largest absolute Gasteiger partial charge is 0.348 e. The summed E-state index contributed by atoms with van der Waals surface area (Å²) in [5.74, 6) is 0.191. The van der Waals surface area contributed by atoms with E-state index < -0.39 is 0 Å². The SMILES string of the molecule is CCN(CCc1ccncc1)C(=O)CCc1cnc[nH]1. The van der Waals surface area contributed by atoms with E-state index in [4.69, 9.17) is 0 Å². The number of nitrogens with one attached hydrogen (secondary N) is 1. The number of rotatable bonds is 7. The van der Waals surface area contributed by atoms with E-state index in [-0.39, 0.29) is 5.91 Å². The van der Waals surface area contributed by atoms with Crippen molar-refractivity contribution in [3.63, 3.8) is 0 Å². The maximum atomic E-state index is 12.2. The summed E-state index contributed by atoms with van der Waals surface area (Å²) in [5.41, 5.74) is 2.21. The first-order chi connectivity index (χ1) is 9.79. The number of hydrogen-bond donors (Lipinski definition) is 1. The van der Waals surface area contributed by atoms with Gasteiger partial charge in [0.1, 0.15) is 0 Å². The van der Waals surface area contributed by atoms with Gasteiger partial charge < -0.3 is 9.88 Å². The summed E-state index contributed by atoms with van der Waals surface area (Å²) >= 11 is 0. The van der Waals surface area contributed by atoms with E-state index in [2.05, 4.69) is 15.0 Å². The molecule has 0 spiro atoms. The van der Waals surface area contributed by atoms with Gasteiger partial charge in [-0.05, 0) is 37.5 Å². The second kappa shape index (κ2) is 7.43. The van der Waals surface area contributed by atoms with Gasteiger partial charge in [-0.3, -0.25) is 9.78 Å². The Hall–Kier alpha value is -2.17. The molecule has 0 fully saturated rings. The van der Waals surface area contributed by atoms with Crippen LogP contribution in [0.3, 0.4) is 0 Å². The fourth-order valence-corrected chi connectivity index (χ4v) is 2.09. The van der Waals surface area contributed by atoms with Crippen LogP contribution in [0.1, 0.15) is 24.6 Å². The molecule has 1 N–H and O–H groups in total. The molecule has 0 aliphatic rings. The van der Waals surface area contributed by atoms with E-state index in [0.717, 1.165) is 25.2 Å². The average molecular weight is 272 g/mol. The van der Waals surface area contributed by atoms with Crippen molar-refractivity contribution in [2.45, 2.75) is 26.2 Å². The van der Waals surface area contributed by atoms with Crippen LogP contribution in [0.4, 0.5) is 0 Å². The summed E-state index contributed by atoms with van der Waals surface area (Å²) < 4.78 is 0. The molecule has 2 heterocycles. The standard InChI is InChI=1S/C15H20N4O/c1-2-19(10-7-13-5-8-16-9-6-13)15(20)4-3-14-11-17-12-18-14/h5-6,8-9,11-12H,2-4,7,10H2,1H3,(H,17,18). The van der Waals surface area contributed by atoms with Crippen molar-refractivity contribution < 1.29 is 4.79 Å². The van der Waals surface area contributed by atoms with Crippen LogP contribution in [0.15, 0.2) is 37.1 Å². The summed E-state index contributed by atoms with van der Waals surface area (Å²) in [6.45, 7) is 3.51. The second-order valence-corrected chi connectivity index (χ2v) is 4.66. The summed E-state index contributed by atoms with van der Waals surface area (Å²) in [4.78, 5) is 25.0. The van der Waals surface area contributed by atoms with Gasteiger partial charge in [0, 0.05) is 43.8 Å². The molecule has 106 valence electrons. The van der Waals surface area contributed by atoms with Crippen molar-refractivity contribution in [2.75, 3.05) is 13.1 Å². The first kappa shape index (κ1) is 14.2. The number of aromatic amines is 1. The van der Waals surface area contributed by atoms with Crippen molar-refractivity contribution in [1.82, 2.24) is 19.9 Å². The number of carbonyl (C=O) groups excluding carboxylic acids is 1. The highest BCUT2D eigenvalue weighted by Crippen LogP contribution is 2.04. The number of nitrogens with zero attached hydrogens (tertiary/aromatic N) is 3. The lowest BCUT2D eigenvalue weighted by Gasteiger charge is -2.20. The summed E-state index contributed by atoms with van der Waals surface area (Å²) in [7, 11) is 0. The quantitative estimate of drug-likeness (QED) is 0.836. The Bertz CT molecular complexity index is 510. The maximum absolute atomic E-state index is 12.2. The maximum Gasteiger partial charge on any atom is 0.222 e. The molecule has 20 heavy (non-hydrogen) atoms. The van der Waals surface area contributed by atoms with Gasteiger partial charge in [-0.2, -0.15) is 0 Å². The highest BCUT2D eigenvalue weighted by molar-refractivity contribution is 5.76. The van der Waals surface area contributed by atoms with Crippen LogP contribution in [0.2, 0.25) is 0 Å². The van der Waals surface area contributed by atoms with E-state index >= 15 is 0 Å². The van der Waals surface area contributed by atoms with Crippen molar-refractivity contribution in [2.24, 2.45) is 0 Å². The van der Waals surface area contributed by atoms with Crippen LogP contribution in [0, 0.1) is 0 Å². The molecule has 0 unspecified atom stereocenters. The Morgan fingerprint density at radius 3 is 2.70 bits per heavy atom. The molecule has 0 radical (unpaired) electrons. The van der Waals surface area contributed by atoms with Gasteiger partial charge >= 0.3 is 0 Å². The van der Waals surface area contributed by atoms with Gasteiger partial charge in [0.2, 0.25) is 5.91 Å². The van der Waals surface area contributed by atoms with Gasteiger partial charge in [0.05, 0.1) is 6.33 Å². The third-order valence-corrected chi connectivity index (χ3v) is 3.32. The highest BCUT2D eigenvalue weighted by Gasteiger charge is 2.11. The second-order valence-electron chi connectivity index (χ2n) is 4.66. The van der Waals surface area contributed by atoms with Gasteiger partial charge in [-0.1, -0.05) is 0 Å². The molecule has 0 saturated heterocycles. The van der Waals surface area contributed by atoms with E-state index in [1.165, 1.54) is 5.56 Å². The summed E-state index contributed by atoms with van der Waals surface area (Å²) in [6, 6.07) is 3.98. The molecule has 2 aromatic rings. The molecule has 0 aliphatic carbocycles. The number of H-pyrrole nitrogens is 1. The monoisotopic (exact) mass is 272 g/mol. The van der Waals surface area contributed by atoms with E-state index in [9.17, 15) is 4.79 Å². The fourth-order valence-electron chi connectivity index (χ4n) is 2.09. The number of amides is 1. The zero-order valence-electron chi connectivity index (χ0n) is 11.7. The van der Waals surface area contributed by atoms with Crippen LogP contribution >= 0.6 is 0 Å². The normalized spacial score (nSPS) is 10.4. The van der Waals surface area contributed by atoms with Gasteiger partial charge in [-0.25, -0.2) is 4.98 Å². The minimum absolute atomic E-state index is 0.191. The minimum Gasteiger partial charge on any atom is -0.348 e. The molecule has 0 bridgehead atoms. The molecule has 0 atom stereocenters. The predicted octanol–water partition coefficient (Wildman–Crippen LogP) is 1.83. The first-order valence-corrected chi connectivity index (χ1v) is 6.93. The number of aryl methyl sites for hydroxylation is 1. The lowest BCUT2D eigenvalue weighted by molar-refractivity contribution is -0.130. The van der Waals surface area contributed by atoms with Crippen LogP contribution < -0.4 is 0 Å². The highest BCUT2D eigenvalue weighted by atomic mass is 16.2. The molecular formula is C15H20N4O. The van der Waals surface area contributed by atoms with Crippen molar-refractivity contribution in [3.05, 3.63) is 48.3 Å². The molecule has 0 aliphatic heterocycles. The Labute approximate surface area is 119 Å². The average Bonchev–Trinajstić information content (AvgIpc) is 3.00. The minimum atomic E-state index is 0.191. The third-order valence-electron chi connectivity index (χ3n) is 3.32. The molecule has 0 saturated carbocycles. The Balaban J connectivity index is 1.80. The molecular weight excluding hydrogens is 252 g/mol. The number of likely N-dealkylation sites (N-methyl/N-ethyl adjacent to an activating group) is 1. The summed E-state index contributed by atoms with van der Waals surface area (Å²) in [5, 5.41) is 0. The molecule has 2 rings (SSSR count). The van der Waals surface area contributed by atoms with Crippen LogP contribution in [-0.4, -0.2) is 38.8 Å². The molecule has 1 amide bonds. The third kappa shape index (κ3) is 4.19. The topological polar surface area (TPSA) is 61.9 Å². The Morgan fingerprint density at radius 2 is 2.05 bits per heavy atom. The fraction of sp³-hybridized carbons (Fsp3) is 0.400. The van der Waals surface area contributed by atoms with E-state index in [1.807, 2.05) is 24.0 Å². The van der Waals surface area contributed by atoms with Gasteiger partial charge in [0.15, 0.2) is 0 Å². The van der Waals surface area contributed by atoms with Gasteiger partial charge in [0.25, 0.3) is 0 Å². The van der Waals surface area contributed by atoms with Crippen molar-refractivity contribution >= 4 is 5.91 Å². The lowest BCUT2D eigenvalue weighted by atomic mass is 10.1. The number of aromatic nitrogens is 3. The van der Waals surface area contributed by atoms with Crippen molar-refractivity contribution in [3.8, 4) is 0 Å². The van der Waals surface area contributed by atoms with E-state index in [0.29, 0.717) is 12.8 Å². The number of carbonyl (C=O) groups is 1. The molecule has 2 aromatic heterocycles. The lowest BCUT2D eigenvalue weighted by Crippen LogP contribution is -2.32. The first-order valence-electron chi connectivity index (χ1n) is 6.93. The molecule has 5 heteroatoms. The predicted molar refractivity (Wildman–Crippen MR) is 77.1 cm³/mol. The number of pyridine rings is 1. The van der Waals surface area contributed by atoms with Crippen molar-refractivity contribution in [1.29, 1.82) is 0 Å².